The second-order valence-corrected chi connectivity index (χ2v) is 6.68. The standard InChI is InChI=1S/C18H18N2S/c1-2-6-13(7-3-1)12-19-18-20-16-10-14-8-4-5-9-15(14)11-17(16)21-18/h1-3,6-7,10-11H,4-5,8-9,12H2,(H,19,20). The average molecular weight is 294 g/mol. The van der Waals surface area contributed by atoms with Crippen molar-refractivity contribution in [3.05, 3.63) is 59.2 Å². The van der Waals surface area contributed by atoms with Gasteiger partial charge in [0, 0.05) is 6.54 Å². The highest BCUT2D eigenvalue weighted by Gasteiger charge is 2.12. The summed E-state index contributed by atoms with van der Waals surface area (Å²) < 4.78 is 1.31. The molecule has 3 heteroatoms. The summed E-state index contributed by atoms with van der Waals surface area (Å²) in [6.07, 6.45) is 5.10. The predicted molar refractivity (Wildman–Crippen MR) is 90.0 cm³/mol. The molecule has 0 atom stereocenters. The predicted octanol–water partition coefficient (Wildman–Crippen LogP) is 4.79. The fourth-order valence-corrected chi connectivity index (χ4v) is 3.91. The van der Waals surface area contributed by atoms with Crippen LogP contribution in [0.2, 0.25) is 0 Å². The minimum absolute atomic E-state index is 0.834. The number of anilines is 1. The monoisotopic (exact) mass is 294 g/mol. The fraction of sp³-hybridized carbons (Fsp3) is 0.278. The van der Waals surface area contributed by atoms with Gasteiger partial charge in [-0.2, -0.15) is 0 Å². The zero-order valence-corrected chi connectivity index (χ0v) is 12.7. The van der Waals surface area contributed by atoms with Crippen molar-refractivity contribution < 1.29 is 0 Å². The number of fused-ring (bicyclic) bond motifs is 2. The molecule has 1 aliphatic rings. The van der Waals surface area contributed by atoms with Crippen LogP contribution in [0.3, 0.4) is 0 Å². The van der Waals surface area contributed by atoms with Gasteiger partial charge in [-0.25, -0.2) is 4.98 Å². The molecule has 1 aromatic heterocycles. The normalized spacial score (nSPS) is 14.1. The molecule has 106 valence electrons. The second-order valence-electron chi connectivity index (χ2n) is 5.65. The quantitative estimate of drug-likeness (QED) is 0.751. The van der Waals surface area contributed by atoms with E-state index in [0.717, 1.165) is 17.2 Å². The van der Waals surface area contributed by atoms with Crippen molar-refractivity contribution >= 4 is 26.7 Å². The number of nitrogens with zero attached hydrogens (tertiary/aromatic N) is 1. The van der Waals surface area contributed by atoms with Gasteiger partial charge in [0.2, 0.25) is 0 Å². The molecule has 0 fully saturated rings. The SMILES string of the molecule is c1ccc(CNc2nc3cc4c(cc3s2)CCCC4)cc1. The highest BCUT2D eigenvalue weighted by atomic mass is 32.1. The van der Waals surface area contributed by atoms with Gasteiger partial charge in [-0.1, -0.05) is 41.7 Å². The van der Waals surface area contributed by atoms with Crippen LogP contribution in [0.15, 0.2) is 42.5 Å². The minimum Gasteiger partial charge on any atom is -0.357 e. The number of thiazole rings is 1. The minimum atomic E-state index is 0.834. The van der Waals surface area contributed by atoms with Crippen LogP contribution in [0.4, 0.5) is 5.13 Å². The maximum Gasteiger partial charge on any atom is 0.184 e. The van der Waals surface area contributed by atoms with Gasteiger partial charge < -0.3 is 5.32 Å². The lowest BCUT2D eigenvalue weighted by Crippen LogP contribution is -2.01. The number of aryl methyl sites for hydroxylation is 2. The van der Waals surface area contributed by atoms with E-state index in [1.807, 2.05) is 6.07 Å². The number of nitrogens with one attached hydrogen (secondary N) is 1. The highest BCUT2D eigenvalue weighted by molar-refractivity contribution is 7.22. The molecule has 0 spiro atoms. The van der Waals surface area contributed by atoms with Gasteiger partial charge in [0.1, 0.15) is 0 Å². The summed E-state index contributed by atoms with van der Waals surface area (Å²) in [7, 11) is 0. The Bertz CT molecular complexity index is 718. The molecule has 0 saturated carbocycles. The van der Waals surface area contributed by atoms with E-state index in [2.05, 4.69) is 41.7 Å². The largest absolute Gasteiger partial charge is 0.357 e. The van der Waals surface area contributed by atoms with Gasteiger partial charge in [0.25, 0.3) is 0 Å². The first kappa shape index (κ1) is 12.8. The molecule has 21 heavy (non-hydrogen) atoms. The Morgan fingerprint density at radius 2 is 1.76 bits per heavy atom. The lowest BCUT2D eigenvalue weighted by molar-refractivity contribution is 0.687. The van der Waals surface area contributed by atoms with Crippen molar-refractivity contribution in [1.82, 2.24) is 4.98 Å². The average Bonchev–Trinajstić information content (AvgIpc) is 2.93. The van der Waals surface area contributed by atoms with E-state index in [1.54, 1.807) is 11.3 Å². The first-order chi connectivity index (χ1) is 10.4. The molecule has 1 heterocycles. The molecule has 0 saturated heterocycles. The number of benzene rings is 2. The van der Waals surface area contributed by atoms with E-state index in [1.165, 1.54) is 47.1 Å². The summed E-state index contributed by atoms with van der Waals surface area (Å²) in [6, 6.07) is 15.1. The van der Waals surface area contributed by atoms with Crippen LogP contribution in [-0.2, 0) is 19.4 Å². The van der Waals surface area contributed by atoms with Crippen LogP contribution in [0.5, 0.6) is 0 Å². The molecule has 1 N–H and O–H groups in total. The molecule has 0 unspecified atom stereocenters. The van der Waals surface area contributed by atoms with E-state index in [9.17, 15) is 0 Å². The van der Waals surface area contributed by atoms with Crippen LogP contribution in [0.1, 0.15) is 29.5 Å². The van der Waals surface area contributed by atoms with Gasteiger partial charge in [-0.05, 0) is 54.5 Å². The van der Waals surface area contributed by atoms with Crippen molar-refractivity contribution in [2.24, 2.45) is 0 Å². The van der Waals surface area contributed by atoms with Gasteiger partial charge in [-0.3, -0.25) is 0 Å². The highest BCUT2D eigenvalue weighted by Crippen LogP contribution is 2.32. The fourth-order valence-electron chi connectivity index (χ4n) is 3.00. The summed E-state index contributed by atoms with van der Waals surface area (Å²) in [5.41, 5.74) is 5.48. The van der Waals surface area contributed by atoms with Crippen LogP contribution in [-0.4, -0.2) is 4.98 Å². The second kappa shape index (κ2) is 5.49. The Morgan fingerprint density at radius 3 is 2.57 bits per heavy atom. The molecule has 0 amide bonds. The molecular formula is C18H18N2S. The Kier molecular flexibility index (Phi) is 3.36. The Labute approximate surface area is 128 Å². The molecule has 1 aliphatic carbocycles. The molecule has 0 aliphatic heterocycles. The topological polar surface area (TPSA) is 24.9 Å². The van der Waals surface area contributed by atoms with E-state index in [0.29, 0.717) is 0 Å². The van der Waals surface area contributed by atoms with Crippen LogP contribution < -0.4 is 5.32 Å². The Balaban J connectivity index is 1.59. The van der Waals surface area contributed by atoms with Crippen molar-refractivity contribution in [2.45, 2.75) is 32.2 Å². The molecule has 0 radical (unpaired) electrons. The molecule has 0 bridgehead atoms. The summed E-state index contributed by atoms with van der Waals surface area (Å²) in [5.74, 6) is 0. The summed E-state index contributed by atoms with van der Waals surface area (Å²) in [4.78, 5) is 4.74. The molecule has 4 rings (SSSR count). The van der Waals surface area contributed by atoms with Gasteiger partial charge in [-0.15, -0.1) is 0 Å². The van der Waals surface area contributed by atoms with Crippen LogP contribution in [0.25, 0.3) is 10.2 Å². The summed E-state index contributed by atoms with van der Waals surface area (Å²) in [5, 5.41) is 4.47. The first-order valence-electron chi connectivity index (χ1n) is 7.59. The van der Waals surface area contributed by atoms with E-state index < -0.39 is 0 Å². The molecule has 2 nitrogen and oxygen atoms in total. The Morgan fingerprint density at radius 1 is 1.00 bits per heavy atom. The van der Waals surface area contributed by atoms with E-state index in [-0.39, 0.29) is 0 Å². The lowest BCUT2D eigenvalue weighted by atomic mass is 9.92. The van der Waals surface area contributed by atoms with Gasteiger partial charge in [0.15, 0.2) is 5.13 Å². The first-order valence-corrected chi connectivity index (χ1v) is 8.40. The summed E-state index contributed by atoms with van der Waals surface area (Å²) >= 11 is 1.77. The number of aromatic nitrogens is 1. The van der Waals surface area contributed by atoms with E-state index in [4.69, 9.17) is 4.98 Å². The zero-order chi connectivity index (χ0) is 14.1. The van der Waals surface area contributed by atoms with Crippen LogP contribution in [0, 0.1) is 0 Å². The maximum absolute atomic E-state index is 4.74. The van der Waals surface area contributed by atoms with Crippen molar-refractivity contribution in [2.75, 3.05) is 5.32 Å². The third-order valence-electron chi connectivity index (χ3n) is 4.14. The third-order valence-corrected chi connectivity index (χ3v) is 5.11. The van der Waals surface area contributed by atoms with Crippen LogP contribution >= 0.6 is 11.3 Å². The van der Waals surface area contributed by atoms with E-state index >= 15 is 0 Å². The number of rotatable bonds is 3. The third kappa shape index (κ3) is 2.66. The Hall–Kier alpha value is -1.87. The zero-order valence-electron chi connectivity index (χ0n) is 11.9. The van der Waals surface area contributed by atoms with Crippen molar-refractivity contribution in [1.29, 1.82) is 0 Å². The lowest BCUT2D eigenvalue weighted by Gasteiger charge is -2.14. The summed E-state index contributed by atoms with van der Waals surface area (Å²) in [6.45, 7) is 0.834. The molecular weight excluding hydrogens is 276 g/mol. The van der Waals surface area contributed by atoms with Crippen molar-refractivity contribution in [3.63, 3.8) is 0 Å². The van der Waals surface area contributed by atoms with Crippen molar-refractivity contribution in [3.8, 4) is 0 Å². The number of hydrogen-bond acceptors (Lipinski definition) is 3. The number of hydrogen-bond donors (Lipinski definition) is 1. The maximum atomic E-state index is 4.74. The molecule has 3 aromatic rings. The van der Waals surface area contributed by atoms with Gasteiger partial charge >= 0.3 is 0 Å². The van der Waals surface area contributed by atoms with Gasteiger partial charge in [0.05, 0.1) is 10.2 Å². The smallest absolute Gasteiger partial charge is 0.184 e. The molecule has 2 aromatic carbocycles.